The highest BCUT2D eigenvalue weighted by Gasteiger charge is 2.47. The number of aromatic carboxylic acids is 5. The molecule has 9 heterocycles. The summed E-state index contributed by atoms with van der Waals surface area (Å²) in [6, 6.07) is 16.2. The lowest BCUT2D eigenvalue weighted by atomic mass is 9.69. The molecule has 5 aliphatic rings. The molecule has 0 saturated heterocycles. The van der Waals surface area contributed by atoms with Crippen LogP contribution in [0.4, 0.5) is 10.8 Å². The second-order valence-corrected chi connectivity index (χ2v) is 43.6. The van der Waals surface area contributed by atoms with Crippen LogP contribution >= 0.6 is 56.7 Å². The first-order chi connectivity index (χ1) is 55.9. The van der Waals surface area contributed by atoms with Gasteiger partial charge in [0, 0.05) is 120 Å². The summed E-state index contributed by atoms with van der Waals surface area (Å²) >= 11 is 7.75. The first kappa shape index (κ1) is 91.7. The van der Waals surface area contributed by atoms with Gasteiger partial charge in [-0.1, -0.05) is 151 Å². The van der Waals surface area contributed by atoms with Crippen molar-refractivity contribution in [3.8, 4) is 5.75 Å². The molecule has 0 spiro atoms. The van der Waals surface area contributed by atoms with Crippen LogP contribution in [-0.4, -0.2) is 122 Å². The summed E-state index contributed by atoms with van der Waals surface area (Å²) in [5.41, 5.74) is 7.57. The summed E-state index contributed by atoms with van der Waals surface area (Å²) < 4.78 is 0. The van der Waals surface area contributed by atoms with Gasteiger partial charge in [0.25, 0.3) is 0 Å². The lowest BCUT2D eigenvalue weighted by Gasteiger charge is -2.37. The van der Waals surface area contributed by atoms with Crippen molar-refractivity contribution in [2.75, 3.05) is 5.32 Å². The zero-order valence-electron chi connectivity index (χ0n) is 72.5. The maximum absolute atomic E-state index is 12.7. The van der Waals surface area contributed by atoms with Crippen molar-refractivity contribution in [3.05, 3.63) is 222 Å². The molecule has 0 saturated carbocycles. The summed E-state index contributed by atoms with van der Waals surface area (Å²) in [6.07, 6.45) is 16.2. The number of benzene rings is 1. The lowest BCUT2D eigenvalue weighted by molar-refractivity contribution is 0.0680. The molecule has 8 N–H and O–H groups in total. The molecule has 29 heteroatoms. The van der Waals surface area contributed by atoms with Crippen molar-refractivity contribution >= 4 is 114 Å². The fraction of sp³-hybridized carbons (Fsp3) is 0.457. The van der Waals surface area contributed by atoms with Crippen LogP contribution in [0.3, 0.4) is 0 Å². The largest absolute Gasteiger partial charge is 0.506 e. The first-order valence-corrected chi connectivity index (χ1v) is 44.2. The fourth-order valence-electron chi connectivity index (χ4n) is 15.2. The van der Waals surface area contributed by atoms with E-state index in [1.54, 1.807) is 54.0 Å². The summed E-state index contributed by atoms with van der Waals surface area (Å²) in [5.74, 6) is -5.85. The van der Waals surface area contributed by atoms with Gasteiger partial charge in [-0.25, -0.2) is 58.9 Å². The highest BCUT2D eigenvalue weighted by atomic mass is 32.1. The van der Waals surface area contributed by atoms with Crippen molar-refractivity contribution in [1.82, 2.24) is 44.9 Å². The lowest BCUT2D eigenvalue weighted by Crippen LogP contribution is -2.33. The Bertz CT molecular complexity index is 5200. The van der Waals surface area contributed by atoms with Gasteiger partial charge in [-0.05, 0) is 132 Å². The molecule has 1 unspecified atom stereocenters. The average Bonchev–Trinajstić information content (AvgIpc) is 1.67. The number of hydrogen-bond donors (Lipinski definition) is 8. The first-order valence-electron chi connectivity index (χ1n) is 40.1. The van der Waals surface area contributed by atoms with Crippen molar-refractivity contribution in [1.29, 1.82) is 0 Å². The van der Waals surface area contributed by atoms with Crippen LogP contribution in [0, 0.1) is 0 Å². The van der Waals surface area contributed by atoms with Gasteiger partial charge in [0.05, 0.1) is 56.5 Å². The van der Waals surface area contributed by atoms with Crippen LogP contribution in [-0.2, 0) is 59.8 Å². The predicted molar refractivity (Wildman–Crippen MR) is 474 cm³/mol. The second-order valence-electron chi connectivity index (χ2n) is 38.6. The quantitative estimate of drug-likeness (QED) is 0.0349. The molecule has 0 bridgehead atoms. The van der Waals surface area contributed by atoms with E-state index >= 15 is 0 Å². The Morgan fingerprint density at radius 2 is 0.678 bits per heavy atom. The zero-order chi connectivity index (χ0) is 89.4. The van der Waals surface area contributed by atoms with Crippen LogP contribution < -0.4 is 5.32 Å². The molecule has 10 aromatic rings. The van der Waals surface area contributed by atoms with Crippen molar-refractivity contribution in [3.63, 3.8) is 0 Å². The average molecular weight is 1740 g/mol. The Kier molecular flexibility index (Phi) is 25.2. The van der Waals surface area contributed by atoms with Gasteiger partial charge in [-0.2, -0.15) is 0 Å². The number of carboxylic acid groups (broad SMARTS) is 5. The van der Waals surface area contributed by atoms with Crippen molar-refractivity contribution in [2.45, 2.75) is 269 Å². The molecule has 0 fully saturated rings. The third-order valence-corrected chi connectivity index (χ3v) is 31.5. The van der Waals surface area contributed by atoms with E-state index in [0.29, 0.717) is 32.0 Å². The van der Waals surface area contributed by atoms with Crippen LogP contribution in [0.15, 0.2) is 98.1 Å². The number of nitrogens with zero attached hydrogens (tertiary/aromatic N) is 9. The maximum atomic E-state index is 12.7. The second kappa shape index (κ2) is 33.3. The zero-order valence-corrected chi connectivity index (χ0v) is 76.6. The predicted octanol–water partition coefficient (Wildman–Crippen LogP) is 20.8. The maximum Gasteiger partial charge on any atom is 0.354 e. The van der Waals surface area contributed by atoms with E-state index in [1.807, 2.05) is 0 Å². The molecule has 9 aromatic heterocycles. The van der Waals surface area contributed by atoms with E-state index < -0.39 is 35.4 Å². The summed E-state index contributed by atoms with van der Waals surface area (Å²) in [5, 5.41) is 72.2. The smallest absolute Gasteiger partial charge is 0.354 e. The molecule has 0 radical (unpaired) electrons. The third-order valence-electron chi connectivity index (χ3n) is 24.2. The van der Waals surface area contributed by atoms with E-state index in [0.717, 1.165) is 108 Å². The minimum absolute atomic E-state index is 0.0155. The third kappa shape index (κ3) is 19.3. The van der Waals surface area contributed by atoms with Crippen LogP contribution in [0.1, 0.15) is 367 Å². The van der Waals surface area contributed by atoms with Crippen LogP contribution in [0.5, 0.6) is 5.75 Å². The molecular formula is C92H108N10O14S5. The number of nitrogens with one attached hydrogen (secondary N) is 1. The summed E-state index contributed by atoms with van der Waals surface area (Å²) in [7, 11) is 0. The van der Waals surface area contributed by atoms with E-state index in [9.17, 15) is 43.8 Å². The number of ketones is 2. The normalized spacial score (nSPS) is 18.5. The van der Waals surface area contributed by atoms with Gasteiger partial charge < -0.3 is 41.1 Å². The van der Waals surface area contributed by atoms with Crippen LogP contribution in [0.2, 0.25) is 0 Å². The number of phenolic OH excluding ortho intramolecular Hbond substituents is 1. The van der Waals surface area contributed by atoms with Gasteiger partial charge in [0.1, 0.15) is 32.8 Å². The molecule has 15 rings (SSSR count). The van der Waals surface area contributed by atoms with Crippen LogP contribution in [0.25, 0.3) is 5.57 Å². The molecule has 1 atom stereocenters. The van der Waals surface area contributed by atoms with Gasteiger partial charge >= 0.3 is 29.8 Å². The highest BCUT2D eigenvalue weighted by Crippen LogP contribution is 2.55. The minimum Gasteiger partial charge on any atom is -0.506 e. The molecule has 121 heavy (non-hydrogen) atoms. The Morgan fingerprint density at radius 1 is 0.355 bits per heavy atom. The van der Waals surface area contributed by atoms with Crippen molar-refractivity contribution in [2.24, 2.45) is 0 Å². The minimum atomic E-state index is -1.36. The molecule has 0 amide bonds. The number of aromatic nitrogens is 9. The standard InChI is InChI=1S/C19H24N2O3S.C19H22N2O2S.2C18H20N2O3S.C18H22N2O3S/c1-17(2)8-9-18(3,4)14-13(17)21-16(25-14)19(5,24)12-7-6-11(10-20-12)15(22)23;1-11(12-6-7-13(17(22)23)20-10-12)16-21-14-15(24-16)19(4,5)9-8-18(14,2)3;1-17(2)7-8-18(3,4)14-13(17)20-15(24-14)12(21)11-6-5-10(9-19-11)16(22)23;1-17(2)7-8-18(3,4)14-13(17)20-15(24-14)12(21)10-5-6-11(16(22)23)19-9-10;1-17(2)7-8-18(3,4)14-13(17)20-16(24-14)19-11-6-5-10(15(22)23)9-12(11)21/h6-7,10,24H,8-9H2,1-5H3,(H,22,23);6-7,10H,1,8-9H2,2-5H3,(H,22,23);2*5-6,9H,7-8H2,1-4H3,(H,22,23);5-6,9,21H,7-8H2,1-4H3,(H,19,20)(H,22,23). The number of fused-ring (bicyclic) bond motifs is 5. The van der Waals surface area contributed by atoms with E-state index in [-0.39, 0.29) is 105 Å². The number of thiazole rings is 5. The van der Waals surface area contributed by atoms with Gasteiger partial charge in [0.15, 0.2) is 20.7 Å². The van der Waals surface area contributed by atoms with E-state index in [2.05, 4.69) is 180 Å². The Hall–Kier alpha value is -10.0. The number of aliphatic hydroxyl groups is 1. The number of carbonyl (C=O) groups is 7. The Labute approximate surface area is 725 Å². The number of rotatable bonds is 15. The topological polar surface area (TPSA) is 389 Å². The van der Waals surface area contributed by atoms with Gasteiger partial charge in [0.2, 0.25) is 11.6 Å². The molecule has 24 nitrogen and oxygen atoms in total. The Balaban J connectivity index is 0.000000148. The monoisotopic (exact) mass is 1740 g/mol. The number of anilines is 2. The fourth-order valence-corrected chi connectivity index (χ4v) is 22.0. The Morgan fingerprint density at radius 3 is 1.03 bits per heavy atom. The summed E-state index contributed by atoms with van der Waals surface area (Å²) in [6.45, 7) is 50.0. The molecule has 5 aliphatic carbocycles. The van der Waals surface area contributed by atoms with Crippen molar-refractivity contribution < 1.29 is 69.3 Å². The van der Waals surface area contributed by atoms with Gasteiger partial charge in [-0.15, -0.1) is 56.7 Å². The number of pyridine rings is 4. The number of phenols is 1. The highest BCUT2D eigenvalue weighted by molar-refractivity contribution is 7.16. The number of carbonyl (C=O) groups excluding carboxylic acids is 2. The molecular weight excluding hydrogens is 1630 g/mol. The van der Waals surface area contributed by atoms with E-state index in [1.165, 1.54) is 131 Å². The number of carboxylic acids is 5. The molecule has 1 aromatic carbocycles. The number of aromatic hydroxyl groups is 1. The molecule has 640 valence electrons. The molecule has 0 aliphatic heterocycles. The van der Waals surface area contributed by atoms with Gasteiger partial charge in [-0.3, -0.25) is 19.6 Å². The van der Waals surface area contributed by atoms with E-state index in [4.69, 9.17) is 40.5 Å². The summed E-state index contributed by atoms with van der Waals surface area (Å²) in [4.78, 5) is 126. The SMILES string of the molecule is C=C(c1ccc(C(=O)O)nc1)c1nc2c(s1)C(C)(C)CCC2(C)C.CC1(C)CCC(C)(C)c2sc(C(=O)c3ccc(C(=O)O)cn3)nc21.CC1(C)CCC(C)(C)c2sc(C(=O)c3ccc(C(=O)O)nc3)nc21.CC1(C)CCC(C)(C)c2sc(C(C)(O)c3ccc(C(=O)O)cn3)nc21.CC1(C)CCC(C)(C)c2sc(Nc3ccc(C(=O)O)cc3O)nc21. The number of hydrogen-bond acceptors (Lipinski definition) is 24.